The minimum Gasteiger partial charge on any atom is -0.497 e. The van der Waals surface area contributed by atoms with E-state index in [0.29, 0.717) is 5.69 Å². The van der Waals surface area contributed by atoms with Crippen molar-refractivity contribution >= 4 is 27.8 Å². The van der Waals surface area contributed by atoms with Crippen LogP contribution in [0, 0.1) is 0 Å². The lowest BCUT2D eigenvalue weighted by molar-refractivity contribution is 0.0331. The summed E-state index contributed by atoms with van der Waals surface area (Å²) in [6.07, 6.45) is 1.34. The molecule has 5 nitrogen and oxygen atoms in total. The fraction of sp³-hybridized carbons (Fsp3) is 0.143. The number of carbonyl (C=O) groups excluding carboxylic acids is 1. The molecule has 0 spiro atoms. The number of nitrogens with one attached hydrogen (secondary N) is 1. The van der Waals surface area contributed by atoms with Crippen molar-refractivity contribution in [3.63, 3.8) is 0 Å². The van der Waals surface area contributed by atoms with Gasteiger partial charge in [-0.15, -0.1) is 0 Å². The third-order valence-electron chi connectivity index (χ3n) is 4.41. The van der Waals surface area contributed by atoms with E-state index in [2.05, 4.69) is 9.97 Å². The first-order valence-corrected chi connectivity index (χ1v) is 8.36. The second kappa shape index (κ2) is 6.52. The van der Waals surface area contributed by atoms with Crippen LogP contribution in [0.1, 0.15) is 29.1 Å². The Balaban J connectivity index is 1.56. The number of fused-ring (bicyclic) bond motifs is 2. The van der Waals surface area contributed by atoms with Gasteiger partial charge in [-0.05, 0) is 37.3 Å². The van der Waals surface area contributed by atoms with E-state index in [9.17, 15) is 4.79 Å². The van der Waals surface area contributed by atoms with Crippen LogP contribution in [0.3, 0.4) is 0 Å². The highest BCUT2D eigenvalue weighted by Crippen LogP contribution is 2.24. The molecule has 0 aliphatic rings. The van der Waals surface area contributed by atoms with Gasteiger partial charge in [0.2, 0.25) is 0 Å². The molecule has 0 bridgehead atoms. The summed E-state index contributed by atoms with van der Waals surface area (Å²) < 4.78 is 10.8. The van der Waals surface area contributed by atoms with Crippen molar-refractivity contribution in [3.8, 4) is 5.75 Å². The van der Waals surface area contributed by atoms with Crippen LogP contribution >= 0.6 is 0 Å². The average molecular weight is 346 g/mol. The zero-order valence-electron chi connectivity index (χ0n) is 14.5. The number of hydrogen-bond donors (Lipinski definition) is 1. The van der Waals surface area contributed by atoms with Gasteiger partial charge in [0, 0.05) is 34.1 Å². The number of benzene rings is 2. The van der Waals surface area contributed by atoms with Crippen LogP contribution in [0.4, 0.5) is 0 Å². The van der Waals surface area contributed by atoms with Gasteiger partial charge in [0.25, 0.3) is 0 Å². The normalized spacial score (nSPS) is 12.2. The Morgan fingerprint density at radius 3 is 2.77 bits per heavy atom. The van der Waals surface area contributed by atoms with Gasteiger partial charge in [0.05, 0.1) is 12.6 Å². The Kier molecular flexibility index (Phi) is 4.05. The largest absolute Gasteiger partial charge is 0.497 e. The molecule has 0 saturated carbocycles. The lowest BCUT2D eigenvalue weighted by Crippen LogP contribution is -2.09. The first-order valence-electron chi connectivity index (χ1n) is 8.36. The zero-order valence-corrected chi connectivity index (χ0v) is 14.5. The Labute approximate surface area is 150 Å². The second-order valence-electron chi connectivity index (χ2n) is 6.15. The SMILES string of the molecule is COc1ccc2cc(C(=O)OC(C)c3cnc4ccccc4c3)[nH]c2c1. The highest BCUT2D eigenvalue weighted by molar-refractivity contribution is 5.95. The number of rotatable bonds is 4. The van der Waals surface area contributed by atoms with Crippen molar-refractivity contribution in [1.29, 1.82) is 0 Å². The number of aromatic nitrogens is 2. The lowest BCUT2D eigenvalue weighted by atomic mass is 10.1. The van der Waals surface area contributed by atoms with Crippen LogP contribution in [-0.2, 0) is 4.74 Å². The number of carbonyl (C=O) groups is 1. The van der Waals surface area contributed by atoms with E-state index in [1.54, 1.807) is 19.4 Å². The molecule has 1 N–H and O–H groups in total. The Bertz CT molecular complexity index is 1100. The van der Waals surface area contributed by atoms with Crippen molar-refractivity contribution in [2.75, 3.05) is 7.11 Å². The number of H-pyrrole nitrogens is 1. The number of ether oxygens (including phenoxy) is 2. The van der Waals surface area contributed by atoms with Gasteiger partial charge in [-0.1, -0.05) is 18.2 Å². The second-order valence-corrected chi connectivity index (χ2v) is 6.15. The van der Waals surface area contributed by atoms with Crippen LogP contribution in [0.15, 0.2) is 60.8 Å². The van der Waals surface area contributed by atoms with Crippen molar-refractivity contribution in [3.05, 3.63) is 72.1 Å². The molecule has 0 fully saturated rings. The first kappa shape index (κ1) is 16.1. The molecule has 1 atom stereocenters. The number of pyridine rings is 1. The third kappa shape index (κ3) is 2.99. The Morgan fingerprint density at radius 1 is 1.08 bits per heavy atom. The molecule has 1 unspecified atom stereocenters. The molecule has 2 aromatic heterocycles. The van der Waals surface area contributed by atoms with E-state index in [-0.39, 0.29) is 0 Å². The van der Waals surface area contributed by atoms with Gasteiger partial charge in [-0.3, -0.25) is 4.98 Å². The first-order chi connectivity index (χ1) is 12.6. The summed E-state index contributed by atoms with van der Waals surface area (Å²) in [5.74, 6) is 0.329. The predicted octanol–water partition coefficient (Wildman–Crippen LogP) is 4.64. The topological polar surface area (TPSA) is 64.2 Å². The number of aromatic amines is 1. The van der Waals surface area contributed by atoms with Gasteiger partial charge in [0.1, 0.15) is 17.5 Å². The van der Waals surface area contributed by atoms with E-state index in [1.165, 1.54) is 0 Å². The predicted molar refractivity (Wildman–Crippen MR) is 100 cm³/mol. The average Bonchev–Trinajstić information content (AvgIpc) is 3.10. The summed E-state index contributed by atoms with van der Waals surface area (Å²) >= 11 is 0. The van der Waals surface area contributed by atoms with Gasteiger partial charge in [-0.2, -0.15) is 0 Å². The molecule has 130 valence electrons. The standard InChI is InChI=1S/C21H18N2O3/c1-13(16-9-14-5-3-4-6-18(14)22-12-16)26-21(24)20-10-15-7-8-17(25-2)11-19(15)23-20/h3-13,23H,1-2H3. The summed E-state index contributed by atoms with van der Waals surface area (Å²) in [5, 5.41) is 1.95. The highest BCUT2D eigenvalue weighted by atomic mass is 16.5. The fourth-order valence-electron chi connectivity index (χ4n) is 2.95. The summed E-state index contributed by atoms with van der Waals surface area (Å²) in [4.78, 5) is 20.0. The molecule has 2 heterocycles. The Hall–Kier alpha value is -3.34. The molecule has 4 aromatic rings. The summed E-state index contributed by atoms with van der Waals surface area (Å²) in [6.45, 7) is 1.84. The number of para-hydroxylation sites is 1. The van der Waals surface area contributed by atoms with Gasteiger partial charge >= 0.3 is 5.97 Å². The molecule has 0 saturated heterocycles. The van der Waals surface area contributed by atoms with Gasteiger partial charge in [0.15, 0.2) is 0 Å². The maximum Gasteiger partial charge on any atom is 0.355 e. The molecule has 26 heavy (non-hydrogen) atoms. The van der Waals surface area contributed by atoms with Crippen LogP contribution in [0.5, 0.6) is 5.75 Å². The van der Waals surface area contributed by atoms with Crippen LogP contribution in [-0.4, -0.2) is 23.0 Å². The van der Waals surface area contributed by atoms with Crippen molar-refractivity contribution in [1.82, 2.24) is 9.97 Å². The van der Waals surface area contributed by atoms with E-state index in [1.807, 2.05) is 55.5 Å². The van der Waals surface area contributed by atoms with E-state index < -0.39 is 12.1 Å². The zero-order chi connectivity index (χ0) is 18.1. The maximum atomic E-state index is 12.5. The smallest absolute Gasteiger partial charge is 0.355 e. The minimum atomic E-state index is -0.402. The monoisotopic (exact) mass is 346 g/mol. The molecule has 0 aliphatic heterocycles. The molecule has 0 amide bonds. The molecule has 2 aromatic carbocycles. The van der Waals surface area contributed by atoms with Crippen molar-refractivity contribution < 1.29 is 14.3 Å². The molecule has 5 heteroatoms. The fourth-order valence-corrected chi connectivity index (χ4v) is 2.95. The van der Waals surface area contributed by atoms with Gasteiger partial charge < -0.3 is 14.5 Å². The van der Waals surface area contributed by atoms with E-state index >= 15 is 0 Å². The maximum absolute atomic E-state index is 12.5. The number of methoxy groups -OCH3 is 1. The van der Waals surface area contributed by atoms with Crippen molar-refractivity contribution in [2.24, 2.45) is 0 Å². The molecule has 0 radical (unpaired) electrons. The number of hydrogen-bond acceptors (Lipinski definition) is 4. The number of nitrogens with zero attached hydrogens (tertiary/aromatic N) is 1. The van der Waals surface area contributed by atoms with Crippen LogP contribution in [0.2, 0.25) is 0 Å². The summed E-state index contributed by atoms with van der Waals surface area (Å²) in [6, 6.07) is 17.2. The summed E-state index contributed by atoms with van der Waals surface area (Å²) in [7, 11) is 1.61. The Morgan fingerprint density at radius 2 is 1.92 bits per heavy atom. The van der Waals surface area contributed by atoms with Crippen LogP contribution < -0.4 is 4.74 Å². The van der Waals surface area contributed by atoms with Gasteiger partial charge in [-0.25, -0.2) is 4.79 Å². The minimum absolute atomic E-state index is 0.402. The molecule has 4 rings (SSSR count). The lowest BCUT2D eigenvalue weighted by Gasteiger charge is -2.13. The van der Waals surface area contributed by atoms with E-state index in [4.69, 9.17) is 9.47 Å². The molecule has 0 aliphatic carbocycles. The highest BCUT2D eigenvalue weighted by Gasteiger charge is 2.17. The quantitative estimate of drug-likeness (QED) is 0.547. The molecular weight excluding hydrogens is 328 g/mol. The van der Waals surface area contributed by atoms with Crippen molar-refractivity contribution in [2.45, 2.75) is 13.0 Å². The summed E-state index contributed by atoms with van der Waals surface area (Å²) in [5.41, 5.74) is 3.01. The third-order valence-corrected chi connectivity index (χ3v) is 4.41. The van der Waals surface area contributed by atoms with E-state index in [0.717, 1.165) is 33.1 Å². The molecular formula is C21H18N2O3. The number of esters is 1. The van der Waals surface area contributed by atoms with Crippen LogP contribution in [0.25, 0.3) is 21.8 Å².